The number of phenols is 1. The minimum Gasteiger partial charge on any atom is -0.508 e. The Kier molecular flexibility index (Phi) is 4.97. The third-order valence-electron chi connectivity index (χ3n) is 8.73. The van der Waals surface area contributed by atoms with E-state index >= 15 is 0 Å². The lowest BCUT2D eigenvalue weighted by Crippen LogP contribution is -2.49. The molecule has 2 saturated carbocycles. The van der Waals surface area contributed by atoms with E-state index in [9.17, 15) is 23.4 Å². The van der Waals surface area contributed by atoms with Crippen LogP contribution in [0.4, 0.5) is 13.2 Å². The van der Waals surface area contributed by atoms with Gasteiger partial charge < -0.3 is 10.2 Å². The molecule has 5 heteroatoms. The van der Waals surface area contributed by atoms with E-state index in [0.29, 0.717) is 29.9 Å². The standard InChI is InChI=1S/C27H29F3O2/c1-25-13-11-21-20-9-7-19(31)16-18(20)6-8-22(21)24(25)12-15-26(25,32)14-10-17-4-2-3-5-23(17)27(28,29)30/h2-5,7,9-10,14,16,21-22,24,31-32H,6,8,11-13,15H2,1H3/b14-10+/t21-,22-,24+,25+,26+/m1/s1. The molecule has 2 N–H and O–H groups in total. The van der Waals surface area contributed by atoms with Gasteiger partial charge in [-0.25, -0.2) is 0 Å². The van der Waals surface area contributed by atoms with Gasteiger partial charge in [0.2, 0.25) is 0 Å². The first-order valence-electron chi connectivity index (χ1n) is 11.5. The van der Waals surface area contributed by atoms with E-state index < -0.39 is 17.3 Å². The van der Waals surface area contributed by atoms with Crippen LogP contribution in [-0.2, 0) is 12.6 Å². The lowest BCUT2D eigenvalue weighted by atomic mass is 9.53. The Morgan fingerprint density at radius 2 is 1.81 bits per heavy atom. The van der Waals surface area contributed by atoms with Crippen LogP contribution in [-0.4, -0.2) is 15.8 Å². The third kappa shape index (κ3) is 3.28. The summed E-state index contributed by atoms with van der Waals surface area (Å²) in [5.74, 6) is 1.52. The molecular formula is C27H29F3O2. The molecule has 0 unspecified atom stereocenters. The van der Waals surface area contributed by atoms with Gasteiger partial charge in [0, 0.05) is 5.41 Å². The second kappa shape index (κ2) is 7.38. The monoisotopic (exact) mass is 442 g/mol. The van der Waals surface area contributed by atoms with Crippen LogP contribution in [0.5, 0.6) is 5.75 Å². The molecule has 2 aromatic carbocycles. The lowest BCUT2D eigenvalue weighted by Gasteiger charge is -2.52. The number of halogens is 3. The molecule has 0 radical (unpaired) electrons. The zero-order chi connectivity index (χ0) is 22.7. The van der Waals surface area contributed by atoms with Crippen LogP contribution in [0.15, 0.2) is 48.5 Å². The van der Waals surface area contributed by atoms with E-state index in [1.54, 1.807) is 18.2 Å². The summed E-state index contributed by atoms with van der Waals surface area (Å²) < 4.78 is 40.2. The molecule has 2 nitrogen and oxygen atoms in total. The highest BCUT2D eigenvalue weighted by Crippen LogP contribution is 2.64. The summed E-state index contributed by atoms with van der Waals surface area (Å²) in [4.78, 5) is 0. The molecule has 2 aromatic rings. The molecule has 0 spiro atoms. The van der Waals surface area contributed by atoms with Crippen molar-refractivity contribution in [1.82, 2.24) is 0 Å². The van der Waals surface area contributed by atoms with Gasteiger partial charge in [0.25, 0.3) is 0 Å². The zero-order valence-electron chi connectivity index (χ0n) is 18.2. The average molecular weight is 443 g/mol. The number of rotatable bonds is 2. The van der Waals surface area contributed by atoms with Gasteiger partial charge in [-0.15, -0.1) is 0 Å². The highest BCUT2D eigenvalue weighted by Gasteiger charge is 2.60. The highest BCUT2D eigenvalue weighted by molar-refractivity contribution is 5.56. The first kappa shape index (κ1) is 21.6. The molecule has 0 amide bonds. The maximum atomic E-state index is 13.4. The van der Waals surface area contributed by atoms with Crippen molar-refractivity contribution in [3.05, 3.63) is 70.8 Å². The van der Waals surface area contributed by atoms with Crippen molar-refractivity contribution in [3.8, 4) is 5.75 Å². The molecule has 5 rings (SSSR count). The van der Waals surface area contributed by atoms with Crippen molar-refractivity contribution < 1.29 is 23.4 Å². The van der Waals surface area contributed by atoms with E-state index in [4.69, 9.17) is 0 Å². The number of alkyl halides is 3. The van der Waals surface area contributed by atoms with E-state index in [2.05, 4.69) is 13.0 Å². The van der Waals surface area contributed by atoms with Gasteiger partial charge in [-0.1, -0.05) is 43.3 Å². The fraction of sp³-hybridized carbons (Fsp3) is 0.481. The second-order valence-electron chi connectivity index (χ2n) is 10.1. The minimum absolute atomic E-state index is 0.0977. The summed E-state index contributed by atoms with van der Waals surface area (Å²) in [6.45, 7) is 2.13. The maximum absolute atomic E-state index is 13.4. The van der Waals surface area contributed by atoms with Gasteiger partial charge in [-0.3, -0.25) is 0 Å². The first-order chi connectivity index (χ1) is 15.1. The van der Waals surface area contributed by atoms with Crippen molar-refractivity contribution in [2.24, 2.45) is 17.3 Å². The Morgan fingerprint density at radius 1 is 1.03 bits per heavy atom. The molecule has 32 heavy (non-hydrogen) atoms. The summed E-state index contributed by atoms with van der Waals surface area (Å²) in [5.41, 5.74) is 0.511. The van der Waals surface area contributed by atoms with Crippen molar-refractivity contribution in [2.75, 3.05) is 0 Å². The topological polar surface area (TPSA) is 40.5 Å². The first-order valence-corrected chi connectivity index (χ1v) is 11.5. The fourth-order valence-corrected chi connectivity index (χ4v) is 7.02. The van der Waals surface area contributed by atoms with Crippen LogP contribution >= 0.6 is 0 Å². The SMILES string of the molecule is C[C@]12CC[C@@H]3c4ccc(O)cc4CC[C@H]3[C@@H]1CC[C@@]2(O)/C=C/c1ccccc1C(F)(F)F. The van der Waals surface area contributed by atoms with E-state index in [-0.39, 0.29) is 11.0 Å². The quantitative estimate of drug-likeness (QED) is 0.543. The molecule has 3 aliphatic rings. The number of hydrogen-bond donors (Lipinski definition) is 2. The van der Waals surface area contributed by atoms with Crippen LogP contribution in [0.1, 0.15) is 67.2 Å². The van der Waals surface area contributed by atoms with E-state index in [0.717, 1.165) is 38.2 Å². The smallest absolute Gasteiger partial charge is 0.416 e. The molecular weight excluding hydrogens is 413 g/mol. The van der Waals surface area contributed by atoms with Gasteiger partial charge in [0.1, 0.15) is 5.75 Å². The molecule has 5 atom stereocenters. The minimum atomic E-state index is -4.42. The Balaban J connectivity index is 1.44. The van der Waals surface area contributed by atoms with Gasteiger partial charge in [-0.2, -0.15) is 13.2 Å². The number of fused-ring (bicyclic) bond motifs is 5. The van der Waals surface area contributed by atoms with Gasteiger partial charge in [-0.05, 0) is 91.2 Å². The van der Waals surface area contributed by atoms with Crippen molar-refractivity contribution in [2.45, 2.75) is 63.1 Å². The molecule has 0 aliphatic heterocycles. The fourth-order valence-electron chi connectivity index (χ4n) is 7.02. The predicted octanol–water partition coefficient (Wildman–Crippen LogP) is 6.71. The summed E-state index contributed by atoms with van der Waals surface area (Å²) in [6, 6.07) is 11.2. The van der Waals surface area contributed by atoms with Crippen LogP contribution in [0.3, 0.4) is 0 Å². The average Bonchev–Trinajstić information content (AvgIpc) is 3.02. The van der Waals surface area contributed by atoms with E-state index in [1.807, 2.05) is 6.07 Å². The molecule has 2 fully saturated rings. The third-order valence-corrected chi connectivity index (χ3v) is 8.73. The predicted molar refractivity (Wildman–Crippen MR) is 118 cm³/mol. The number of aromatic hydroxyl groups is 1. The molecule has 3 aliphatic carbocycles. The van der Waals surface area contributed by atoms with Crippen molar-refractivity contribution in [1.29, 1.82) is 0 Å². The number of aryl methyl sites for hydroxylation is 1. The highest BCUT2D eigenvalue weighted by atomic mass is 19.4. The number of aliphatic hydroxyl groups is 1. The molecule has 0 aromatic heterocycles. The van der Waals surface area contributed by atoms with Crippen molar-refractivity contribution >= 4 is 6.08 Å². The molecule has 170 valence electrons. The summed E-state index contributed by atoms with van der Waals surface area (Å²) in [5, 5.41) is 21.6. The van der Waals surface area contributed by atoms with Crippen LogP contribution < -0.4 is 0 Å². The number of hydrogen-bond acceptors (Lipinski definition) is 2. The van der Waals surface area contributed by atoms with Gasteiger partial charge >= 0.3 is 6.18 Å². The largest absolute Gasteiger partial charge is 0.508 e. The van der Waals surface area contributed by atoms with Crippen LogP contribution in [0, 0.1) is 17.3 Å². The summed E-state index contributed by atoms with van der Waals surface area (Å²) in [6.07, 6.45) is 3.88. The Labute approximate surface area is 186 Å². The summed E-state index contributed by atoms with van der Waals surface area (Å²) in [7, 11) is 0. The number of phenolic OH excluding ortho intramolecular Hbond substituents is 1. The summed E-state index contributed by atoms with van der Waals surface area (Å²) >= 11 is 0. The Bertz CT molecular complexity index is 1060. The second-order valence-corrected chi connectivity index (χ2v) is 10.1. The zero-order valence-corrected chi connectivity index (χ0v) is 18.2. The maximum Gasteiger partial charge on any atom is 0.416 e. The normalized spacial score (nSPS) is 34.2. The van der Waals surface area contributed by atoms with Crippen LogP contribution in [0.25, 0.3) is 6.08 Å². The van der Waals surface area contributed by atoms with E-state index in [1.165, 1.54) is 29.3 Å². The van der Waals surface area contributed by atoms with Gasteiger partial charge in [0.05, 0.1) is 11.2 Å². The lowest BCUT2D eigenvalue weighted by molar-refractivity contribution is -0.137. The molecule has 0 bridgehead atoms. The molecule has 0 heterocycles. The Morgan fingerprint density at radius 3 is 2.59 bits per heavy atom. The van der Waals surface area contributed by atoms with Gasteiger partial charge in [0.15, 0.2) is 0 Å². The molecule has 0 saturated heterocycles. The Hall–Kier alpha value is -2.27. The number of benzene rings is 2. The van der Waals surface area contributed by atoms with Crippen molar-refractivity contribution in [3.63, 3.8) is 0 Å². The van der Waals surface area contributed by atoms with Crippen LogP contribution in [0.2, 0.25) is 0 Å².